The lowest BCUT2D eigenvalue weighted by Gasteiger charge is -1.87. The normalized spacial score (nSPS) is 13.4. The van der Waals surface area contributed by atoms with Crippen LogP contribution in [-0.4, -0.2) is 0 Å². The summed E-state index contributed by atoms with van der Waals surface area (Å²) in [6, 6.07) is 7.62. The van der Waals surface area contributed by atoms with E-state index in [9.17, 15) is 0 Å². The van der Waals surface area contributed by atoms with Crippen molar-refractivity contribution in [3.05, 3.63) is 45.9 Å². The highest BCUT2D eigenvalue weighted by Gasteiger charge is 1.87. The van der Waals surface area contributed by atoms with Crippen LogP contribution in [0.1, 0.15) is 19.3 Å². The number of hydrogen-bond acceptors (Lipinski definition) is 2. The average molecular weight is 228 g/mol. The molecule has 2 nitrogen and oxygen atoms in total. The molecule has 2 aromatic rings. The Morgan fingerprint density at radius 1 is 0.824 bits per heavy atom. The molecule has 0 aliphatic heterocycles. The number of rotatable bonds is 4. The van der Waals surface area contributed by atoms with Crippen molar-refractivity contribution >= 4 is 25.3 Å². The SMILES string of the molecule is C=c1cc/c(=C/CCC/C=c2\ccc(=C)o2)o1. The summed E-state index contributed by atoms with van der Waals surface area (Å²) in [4.78, 5) is 0. The minimum absolute atomic E-state index is 0.710. The second-order valence-corrected chi connectivity index (χ2v) is 3.95. The second-order valence-electron chi connectivity index (χ2n) is 3.95. The quantitative estimate of drug-likeness (QED) is 0.733. The zero-order valence-corrected chi connectivity index (χ0v) is 9.82. The van der Waals surface area contributed by atoms with Gasteiger partial charge in [0.2, 0.25) is 0 Å². The Labute approximate surface area is 99.9 Å². The molecule has 0 amide bonds. The molecule has 0 spiro atoms. The molecular weight excluding hydrogens is 212 g/mol. The summed E-state index contributed by atoms with van der Waals surface area (Å²) >= 11 is 0. The smallest absolute Gasteiger partial charge is 0.123 e. The maximum absolute atomic E-state index is 5.35. The Morgan fingerprint density at radius 2 is 1.29 bits per heavy atom. The number of hydrogen-bond donors (Lipinski definition) is 0. The third-order valence-corrected chi connectivity index (χ3v) is 2.46. The predicted molar refractivity (Wildman–Crippen MR) is 69.7 cm³/mol. The van der Waals surface area contributed by atoms with E-state index in [2.05, 4.69) is 25.3 Å². The van der Waals surface area contributed by atoms with E-state index in [1.165, 1.54) is 0 Å². The van der Waals surface area contributed by atoms with E-state index in [1.54, 1.807) is 0 Å². The minimum atomic E-state index is 0.710. The van der Waals surface area contributed by atoms with E-state index in [1.807, 2.05) is 24.3 Å². The Hall–Kier alpha value is -1.96. The van der Waals surface area contributed by atoms with Gasteiger partial charge in [0, 0.05) is 0 Å². The summed E-state index contributed by atoms with van der Waals surface area (Å²) in [6.07, 6.45) is 7.21. The van der Waals surface area contributed by atoms with Crippen molar-refractivity contribution in [1.82, 2.24) is 0 Å². The molecule has 0 aliphatic carbocycles. The maximum atomic E-state index is 5.35. The maximum Gasteiger partial charge on any atom is 0.123 e. The van der Waals surface area contributed by atoms with Gasteiger partial charge in [-0.05, 0) is 55.7 Å². The molecule has 17 heavy (non-hydrogen) atoms. The van der Waals surface area contributed by atoms with Gasteiger partial charge in [-0.15, -0.1) is 0 Å². The standard InChI is InChI=1S/C15H16O2/c1-12-8-10-14(16-12)6-4-3-5-7-15-11-9-13(2)17-15/h6-11H,1-5H2/b14-6-,15-7+. The Kier molecular flexibility index (Phi) is 3.66. The molecule has 2 aromatic heterocycles. The summed E-state index contributed by atoms with van der Waals surface area (Å²) in [5.74, 6) is 0. The van der Waals surface area contributed by atoms with Gasteiger partial charge in [-0.3, -0.25) is 0 Å². The van der Waals surface area contributed by atoms with Gasteiger partial charge in [0.15, 0.2) is 0 Å². The fraction of sp³-hybridized carbons (Fsp3) is 0.200. The monoisotopic (exact) mass is 228 g/mol. The minimum Gasteiger partial charge on any atom is -0.458 e. The van der Waals surface area contributed by atoms with E-state index in [4.69, 9.17) is 8.83 Å². The lowest BCUT2D eigenvalue weighted by Crippen LogP contribution is -1.97. The average Bonchev–Trinajstić information content (AvgIpc) is 2.88. The third-order valence-electron chi connectivity index (χ3n) is 2.46. The van der Waals surface area contributed by atoms with Crippen LogP contribution in [0.3, 0.4) is 0 Å². The molecule has 0 saturated carbocycles. The predicted octanol–water partition coefficient (Wildman–Crippen LogP) is 1.12. The van der Waals surface area contributed by atoms with Gasteiger partial charge in [-0.1, -0.05) is 13.2 Å². The molecule has 0 aliphatic rings. The first-order chi connectivity index (χ1) is 8.24. The van der Waals surface area contributed by atoms with Crippen molar-refractivity contribution in [1.29, 1.82) is 0 Å². The number of furan rings is 2. The van der Waals surface area contributed by atoms with Gasteiger partial charge in [0.05, 0.1) is 0 Å². The molecule has 0 radical (unpaired) electrons. The van der Waals surface area contributed by atoms with Crippen molar-refractivity contribution in [3.8, 4) is 0 Å². The summed E-state index contributed by atoms with van der Waals surface area (Å²) in [5, 5.41) is 0. The number of unbranched alkanes of at least 4 members (excludes halogenated alkanes) is 2. The Morgan fingerprint density at radius 3 is 1.65 bits per heavy atom. The molecule has 2 heterocycles. The first-order valence-corrected chi connectivity index (χ1v) is 5.74. The Balaban J connectivity index is 1.85. The zero-order chi connectivity index (χ0) is 12.1. The molecule has 0 bridgehead atoms. The van der Waals surface area contributed by atoms with Crippen LogP contribution in [-0.2, 0) is 0 Å². The van der Waals surface area contributed by atoms with Gasteiger partial charge in [-0.2, -0.15) is 0 Å². The van der Waals surface area contributed by atoms with Crippen LogP contribution in [0.25, 0.3) is 25.3 Å². The van der Waals surface area contributed by atoms with Gasteiger partial charge >= 0.3 is 0 Å². The molecule has 2 heteroatoms. The second kappa shape index (κ2) is 5.39. The van der Waals surface area contributed by atoms with Crippen LogP contribution < -0.4 is 21.7 Å². The van der Waals surface area contributed by atoms with Crippen LogP contribution in [0, 0.1) is 0 Å². The van der Waals surface area contributed by atoms with E-state index < -0.39 is 0 Å². The summed E-state index contributed by atoms with van der Waals surface area (Å²) < 4.78 is 10.7. The van der Waals surface area contributed by atoms with Crippen LogP contribution in [0.4, 0.5) is 0 Å². The fourth-order valence-corrected chi connectivity index (χ4v) is 1.61. The molecule has 0 fully saturated rings. The first kappa shape index (κ1) is 11.5. The van der Waals surface area contributed by atoms with E-state index >= 15 is 0 Å². The van der Waals surface area contributed by atoms with Crippen molar-refractivity contribution < 1.29 is 8.83 Å². The van der Waals surface area contributed by atoms with Crippen molar-refractivity contribution in [3.63, 3.8) is 0 Å². The lowest BCUT2D eigenvalue weighted by molar-refractivity contribution is 0.501. The zero-order valence-electron chi connectivity index (χ0n) is 9.82. The largest absolute Gasteiger partial charge is 0.458 e. The van der Waals surface area contributed by atoms with Crippen LogP contribution in [0.15, 0.2) is 33.1 Å². The van der Waals surface area contributed by atoms with Gasteiger partial charge in [-0.25, -0.2) is 0 Å². The highest BCUT2D eigenvalue weighted by Crippen LogP contribution is 1.96. The van der Waals surface area contributed by atoms with Crippen LogP contribution >= 0.6 is 0 Å². The summed E-state index contributed by atoms with van der Waals surface area (Å²) in [5.41, 5.74) is 3.21. The van der Waals surface area contributed by atoms with Gasteiger partial charge in [0.25, 0.3) is 0 Å². The topological polar surface area (TPSA) is 26.3 Å². The van der Waals surface area contributed by atoms with Gasteiger partial charge in [0.1, 0.15) is 21.7 Å². The molecular formula is C15H16O2. The van der Waals surface area contributed by atoms with Crippen LogP contribution in [0.2, 0.25) is 0 Å². The van der Waals surface area contributed by atoms with Crippen LogP contribution in [0.5, 0.6) is 0 Å². The van der Waals surface area contributed by atoms with Crippen molar-refractivity contribution in [2.24, 2.45) is 0 Å². The van der Waals surface area contributed by atoms with Crippen molar-refractivity contribution in [2.75, 3.05) is 0 Å². The molecule has 88 valence electrons. The molecule has 0 unspecified atom stereocenters. The van der Waals surface area contributed by atoms with E-state index in [0.717, 1.165) is 30.1 Å². The Bertz CT molecular complexity index is 613. The molecule has 0 atom stereocenters. The molecule has 0 N–H and O–H groups in total. The highest BCUT2D eigenvalue weighted by molar-refractivity contribution is 5.21. The van der Waals surface area contributed by atoms with E-state index in [-0.39, 0.29) is 0 Å². The molecule has 2 rings (SSSR count). The lowest BCUT2D eigenvalue weighted by atomic mass is 10.2. The summed E-state index contributed by atoms with van der Waals surface area (Å²) in [7, 11) is 0. The highest BCUT2D eigenvalue weighted by atomic mass is 16.3. The first-order valence-electron chi connectivity index (χ1n) is 5.74. The molecule has 0 aromatic carbocycles. The third kappa shape index (κ3) is 3.52. The van der Waals surface area contributed by atoms with Gasteiger partial charge < -0.3 is 8.83 Å². The summed E-state index contributed by atoms with van der Waals surface area (Å²) in [6.45, 7) is 7.43. The molecule has 0 saturated heterocycles. The van der Waals surface area contributed by atoms with Crippen molar-refractivity contribution in [2.45, 2.75) is 19.3 Å². The van der Waals surface area contributed by atoms with E-state index in [0.29, 0.717) is 10.8 Å². The fourth-order valence-electron chi connectivity index (χ4n) is 1.61.